The Kier molecular flexibility index (Phi) is 6.48. The van der Waals surface area contributed by atoms with Crippen molar-refractivity contribution in [2.24, 2.45) is 5.92 Å². The van der Waals surface area contributed by atoms with Gasteiger partial charge in [-0.15, -0.1) is 0 Å². The topological polar surface area (TPSA) is 95.6 Å². The van der Waals surface area contributed by atoms with Gasteiger partial charge in [0.2, 0.25) is 17.7 Å². The Labute approximate surface area is 214 Å². The lowest BCUT2D eigenvalue weighted by Crippen LogP contribution is -2.28. The van der Waals surface area contributed by atoms with E-state index in [2.05, 4.69) is 11.4 Å². The lowest BCUT2D eigenvalue weighted by atomic mass is 9.98. The van der Waals surface area contributed by atoms with E-state index in [1.807, 2.05) is 85.8 Å². The Balaban J connectivity index is 1.47. The number of carbonyl (C=O) groups is 2. The number of methoxy groups -OCH3 is 1. The number of nitrogens with one attached hydrogen (secondary N) is 1. The number of ether oxygens (including phenoxy) is 1. The van der Waals surface area contributed by atoms with Crippen molar-refractivity contribution in [3.8, 4) is 34.3 Å². The molecule has 4 aromatic rings. The van der Waals surface area contributed by atoms with Gasteiger partial charge in [0.15, 0.2) is 0 Å². The molecule has 1 aromatic heterocycles. The number of aryl methyl sites for hydroxylation is 1. The molecule has 37 heavy (non-hydrogen) atoms. The van der Waals surface area contributed by atoms with Gasteiger partial charge in [0.25, 0.3) is 0 Å². The fourth-order valence-corrected chi connectivity index (χ4v) is 4.64. The second kappa shape index (κ2) is 10.0. The largest absolute Gasteiger partial charge is 0.495 e. The molecule has 1 aliphatic rings. The third-order valence-corrected chi connectivity index (χ3v) is 6.48. The van der Waals surface area contributed by atoms with E-state index in [1.54, 1.807) is 12.0 Å². The molecule has 1 saturated heterocycles. The van der Waals surface area contributed by atoms with Crippen LogP contribution in [0.4, 0.5) is 11.6 Å². The van der Waals surface area contributed by atoms with E-state index < -0.39 is 5.92 Å². The van der Waals surface area contributed by atoms with Crippen LogP contribution in [-0.4, -0.2) is 25.5 Å². The fourth-order valence-electron chi connectivity index (χ4n) is 4.64. The highest BCUT2D eigenvalue weighted by atomic mass is 16.5. The van der Waals surface area contributed by atoms with E-state index in [9.17, 15) is 14.9 Å². The number of amides is 2. The molecule has 5 rings (SSSR count). The number of anilines is 2. The van der Waals surface area contributed by atoms with E-state index >= 15 is 0 Å². The normalized spacial score (nSPS) is 14.9. The summed E-state index contributed by atoms with van der Waals surface area (Å²) in [4.78, 5) is 27.8. The summed E-state index contributed by atoms with van der Waals surface area (Å²) in [5.74, 6) is -0.0325. The van der Waals surface area contributed by atoms with Crippen LogP contribution in [0.25, 0.3) is 22.5 Å². The molecule has 7 heteroatoms. The molecule has 1 atom stereocenters. The Morgan fingerprint density at radius 2 is 1.73 bits per heavy atom. The minimum Gasteiger partial charge on any atom is -0.495 e. The van der Waals surface area contributed by atoms with Crippen molar-refractivity contribution in [1.82, 2.24) is 0 Å². The zero-order valence-electron chi connectivity index (χ0n) is 20.5. The summed E-state index contributed by atoms with van der Waals surface area (Å²) >= 11 is 0. The predicted molar refractivity (Wildman–Crippen MR) is 141 cm³/mol. The van der Waals surface area contributed by atoms with Gasteiger partial charge >= 0.3 is 0 Å². The summed E-state index contributed by atoms with van der Waals surface area (Å²) in [5.41, 5.74) is 4.05. The molecule has 2 heterocycles. The first kappa shape index (κ1) is 23.9. The summed E-state index contributed by atoms with van der Waals surface area (Å²) in [5, 5.41) is 12.9. The van der Waals surface area contributed by atoms with Crippen LogP contribution in [0.5, 0.6) is 5.75 Å². The molecule has 184 valence electrons. The van der Waals surface area contributed by atoms with Crippen LogP contribution in [-0.2, 0) is 9.59 Å². The van der Waals surface area contributed by atoms with Gasteiger partial charge in [-0.2, -0.15) is 5.26 Å². The average Bonchev–Trinajstić information content (AvgIpc) is 3.50. The van der Waals surface area contributed by atoms with E-state index in [4.69, 9.17) is 9.15 Å². The lowest BCUT2D eigenvalue weighted by Gasteiger charge is -2.20. The molecule has 0 bridgehead atoms. The molecule has 0 spiro atoms. The van der Waals surface area contributed by atoms with E-state index in [0.29, 0.717) is 22.8 Å². The van der Waals surface area contributed by atoms with Crippen molar-refractivity contribution in [3.63, 3.8) is 0 Å². The fraction of sp³-hybridized carbons (Fsp3) is 0.167. The van der Waals surface area contributed by atoms with Crippen molar-refractivity contribution >= 4 is 23.4 Å². The van der Waals surface area contributed by atoms with Gasteiger partial charge in [-0.3, -0.25) is 14.9 Å². The number of hydrogen-bond acceptors (Lipinski definition) is 5. The smallest absolute Gasteiger partial charge is 0.232 e. The Morgan fingerprint density at radius 1 is 1.05 bits per heavy atom. The zero-order valence-corrected chi connectivity index (χ0v) is 20.5. The van der Waals surface area contributed by atoms with Crippen LogP contribution in [0.3, 0.4) is 0 Å². The highest BCUT2D eigenvalue weighted by molar-refractivity contribution is 6.05. The van der Waals surface area contributed by atoms with Gasteiger partial charge in [0.05, 0.1) is 18.7 Å². The van der Waals surface area contributed by atoms with Crippen LogP contribution in [0.1, 0.15) is 17.5 Å². The first-order chi connectivity index (χ1) is 18.0. The van der Waals surface area contributed by atoms with E-state index in [0.717, 1.165) is 16.7 Å². The third kappa shape index (κ3) is 4.57. The minimum absolute atomic E-state index is 0.0443. The predicted octanol–water partition coefficient (Wildman–Crippen LogP) is 5.79. The maximum atomic E-state index is 13.3. The number of hydrogen-bond donors (Lipinski definition) is 1. The van der Waals surface area contributed by atoms with Gasteiger partial charge in [-0.1, -0.05) is 66.7 Å². The number of nitriles is 1. The van der Waals surface area contributed by atoms with Crippen LogP contribution < -0.4 is 15.0 Å². The van der Waals surface area contributed by atoms with Gasteiger partial charge < -0.3 is 14.1 Å². The van der Waals surface area contributed by atoms with Gasteiger partial charge in [-0.25, -0.2) is 0 Å². The monoisotopic (exact) mass is 491 g/mol. The molecule has 7 nitrogen and oxygen atoms in total. The third-order valence-electron chi connectivity index (χ3n) is 6.48. The van der Waals surface area contributed by atoms with Crippen molar-refractivity contribution in [1.29, 1.82) is 5.26 Å². The molecule has 0 saturated carbocycles. The van der Waals surface area contributed by atoms with Gasteiger partial charge in [-0.05, 0) is 30.2 Å². The molecule has 1 fully saturated rings. The van der Waals surface area contributed by atoms with E-state index in [1.165, 1.54) is 0 Å². The van der Waals surface area contributed by atoms with Crippen LogP contribution in [0, 0.1) is 24.2 Å². The van der Waals surface area contributed by atoms with Crippen molar-refractivity contribution in [2.45, 2.75) is 13.3 Å². The number of carbonyl (C=O) groups excluding carboxylic acids is 2. The van der Waals surface area contributed by atoms with Gasteiger partial charge in [0.1, 0.15) is 23.1 Å². The number of rotatable bonds is 6. The summed E-state index contributed by atoms with van der Waals surface area (Å²) < 4.78 is 11.6. The van der Waals surface area contributed by atoms with E-state index in [-0.39, 0.29) is 36.2 Å². The number of nitrogens with zero attached hydrogens (tertiary/aromatic N) is 2. The van der Waals surface area contributed by atoms with Crippen molar-refractivity contribution in [3.05, 3.63) is 90.0 Å². The number of benzene rings is 3. The molecule has 3 aromatic carbocycles. The Bertz CT molecular complexity index is 1500. The van der Waals surface area contributed by atoms with Crippen LogP contribution in [0.2, 0.25) is 0 Å². The molecule has 1 aliphatic heterocycles. The lowest BCUT2D eigenvalue weighted by molar-refractivity contribution is -0.122. The molecular weight excluding hydrogens is 466 g/mol. The highest BCUT2D eigenvalue weighted by Gasteiger charge is 2.37. The summed E-state index contributed by atoms with van der Waals surface area (Å²) in [6.45, 7) is 2.13. The van der Waals surface area contributed by atoms with Crippen molar-refractivity contribution < 1.29 is 18.7 Å². The second-order valence-electron chi connectivity index (χ2n) is 8.92. The molecule has 1 unspecified atom stereocenters. The second-order valence-corrected chi connectivity index (χ2v) is 8.92. The minimum atomic E-state index is -0.616. The standard InChI is InChI=1S/C30H25N3O4/c1-19-13-14-25(36-2)24(15-19)33-18-22(16-26(33)34)29(35)32-30-23(17-31)27(20-9-5-3-6-10-20)28(37-30)21-11-7-4-8-12-21/h3-15,22H,16,18H2,1-2H3,(H,32,35). The SMILES string of the molecule is COc1ccc(C)cc1N1CC(C(=O)Nc2oc(-c3ccccc3)c(-c3ccccc3)c2C#N)CC1=O. The Hall–Kier alpha value is -4.83. The zero-order chi connectivity index (χ0) is 25.9. The highest BCUT2D eigenvalue weighted by Crippen LogP contribution is 2.42. The van der Waals surface area contributed by atoms with Gasteiger partial charge in [0, 0.05) is 24.1 Å². The molecule has 0 radical (unpaired) electrons. The average molecular weight is 492 g/mol. The molecule has 0 aliphatic carbocycles. The summed E-state index contributed by atoms with van der Waals surface area (Å²) in [7, 11) is 1.55. The van der Waals surface area contributed by atoms with Crippen LogP contribution >= 0.6 is 0 Å². The Morgan fingerprint density at radius 3 is 2.38 bits per heavy atom. The molecule has 1 N–H and O–H groups in total. The summed E-state index contributed by atoms with van der Waals surface area (Å²) in [6.07, 6.45) is 0.0443. The molecule has 2 amide bonds. The van der Waals surface area contributed by atoms with Crippen LogP contribution in [0.15, 0.2) is 83.3 Å². The summed E-state index contributed by atoms with van der Waals surface area (Å²) in [6, 6.07) is 26.7. The maximum absolute atomic E-state index is 13.3. The maximum Gasteiger partial charge on any atom is 0.232 e. The first-order valence-corrected chi connectivity index (χ1v) is 11.9. The first-order valence-electron chi connectivity index (χ1n) is 11.9. The molecular formula is C30H25N3O4. The number of furan rings is 1. The quantitative estimate of drug-likeness (QED) is 0.368. The van der Waals surface area contributed by atoms with Crippen molar-refractivity contribution in [2.75, 3.05) is 23.9 Å².